The molecule has 0 spiro atoms. The van der Waals surface area contributed by atoms with E-state index in [0.717, 1.165) is 30.5 Å². The van der Waals surface area contributed by atoms with E-state index in [9.17, 15) is 26.3 Å². The first-order valence-corrected chi connectivity index (χ1v) is 9.28. The fourth-order valence-corrected chi connectivity index (χ4v) is 3.00. The minimum Gasteiger partial charge on any atom is -0.383 e. The lowest BCUT2D eigenvalue weighted by molar-refractivity contribution is -0.142. The van der Waals surface area contributed by atoms with E-state index in [-0.39, 0.29) is 39.4 Å². The molecule has 0 aliphatic heterocycles. The Morgan fingerprint density at radius 3 is 2.21 bits per heavy atom. The number of halogens is 6. The lowest BCUT2D eigenvalue weighted by atomic mass is 10.1. The van der Waals surface area contributed by atoms with Crippen LogP contribution in [0.25, 0.3) is 16.9 Å². The predicted molar refractivity (Wildman–Crippen MR) is 108 cm³/mol. The molecular formula is C22H10F6N6. The second kappa shape index (κ2) is 8.08. The van der Waals surface area contributed by atoms with Crippen molar-refractivity contribution in [1.29, 1.82) is 5.26 Å². The molecule has 12 heteroatoms. The summed E-state index contributed by atoms with van der Waals surface area (Å²) >= 11 is 0. The zero-order chi connectivity index (χ0) is 24.7. The molecule has 4 aromatic rings. The van der Waals surface area contributed by atoms with E-state index in [1.54, 1.807) is 0 Å². The summed E-state index contributed by atoms with van der Waals surface area (Å²) in [5.74, 6) is 5.30. The lowest BCUT2D eigenvalue weighted by Gasteiger charge is -2.12. The SMILES string of the molecule is N#Cc1cc(C#Cc2cnn3c(C(F)(F)F)cc(-c4ccc(C(F)(F)F)cc4)nc23)cnc1N. The molecule has 4 rings (SSSR count). The van der Waals surface area contributed by atoms with Crippen LogP contribution in [0.2, 0.25) is 0 Å². The summed E-state index contributed by atoms with van der Waals surface area (Å²) in [6.07, 6.45) is -7.06. The highest BCUT2D eigenvalue weighted by Crippen LogP contribution is 2.34. The Bertz CT molecular complexity index is 1500. The Kier molecular flexibility index (Phi) is 5.37. The summed E-state index contributed by atoms with van der Waals surface area (Å²) < 4.78 is 80.1. The molecule has 0 unspecified atom stereocenters. The van der Waals surface area contributed by atoms with E-state index in [1.807, 2.05) is 6.07 Å². The summed E-state index contributed by atoms with van der Waals surface area (Å²) in [6, 6.07) is 7.49. The van der Waals surface area contributed by atoms with Gasteiger partial charge >= 0.3 is 12.4 Å². The Balaban J connectivity index is 1.85. The van der Waals surface area contributed by atoms with Crippen molar-refractivity contribution < 1.29 is 26.3 Å². The molecular weight excluding hydrogens is 462 g/mol. The third kappa shape index (κ3) is 4.34. The van der Waals surface area contributed by atoms with Gasteiger partial charge in [0, 0.05) is 17.3 Å². The van der Waals surface area contributed by atoms with Crippen molar-refractivity contribution in [2.75, 3.05) is 5.73 Å². The Labute approximate surface area is 187 Å². The fraction of sp³-hybridized carbons (Fsp3) is 0.0909. The van der Waals surface area contributed by atoms with Crippen molar-refractivity contribution in [3.8, 4) is 29.2 Å². The average Bonchev–Trinajstić information content (AvgIpc) is 3.19. The lowest BCUT2D eigenvalue weighted by Crippen LogP contribution is -2.13. The third-order valence-electron chi connectivity index (χ3n) is 4.65. The van der Waals surface area contributed by atoms with Gasteiger partial charge in [0.25, 0.3) is 0 Å². The van der Waals surface area contributed by atoms with Gasteiger partial charge in [-0.3, -0.25) is 0 Å². The number of pyridine rings is 1. The van der Waals surface area contributed by atoms with E-state index in [0.29, 0.717) is 10.6 Å². The van der Waals surface area contributed by atoms with Crippen molar-refractivity contribution in [2.24, 2.45) is 0 Å². The number of nitrogens with two attached hydrogens (primary N) is 1. The van der Waals surface area contributed by atoms with Gasteiger partial charge in [0.05, 0.1) is 28.6 Å². The van der Waals surface area contributed by atoms with Gasteiger partial charge in [-0.1, -0.05) is 24.0 Å². The number of nitrogens with zero attached hydrogens (tertiary/aromatic N) is 5. The largest absolute Gasteiger partial charge is 0.433 e. The highest BCUT2D eigenvalue weighted by atomic mass is 19.4. The summed E-state index contributed by atoms with van der Waals surface area (Å²) in [4.78, 5) is 7.98. The predicted octanol–water partition coefficient (Wildman–Crippen LogP) is 4.68. The topological polar surface area (TPSA) is 92.9 Å². The summed E-state index contributed by atoms with van der Waals surface area (Å²) in [6.45, 7) is 0. The van der Waals surface area contributed by atoms with Crippen molar-refractivity contribution in [1.82, 2.24) is 19.6 Å². The summed E-state index contributed by atoms with van der Waals surface area (Å²) in [7, 11) is 0. The molecule has 0 saturated carbocycles. The Hall–Kier alpha value is -4.58. The number of fused-ring (bicyclic) bond motifs is 1. The maximum atomic E-state index is 13.7. The number of hydrogen-bond donors (Lipinski definition) is 1. The molecule has 0 amide bonds. The number of nitrogen functional groups attached to an aromatic ring is 1. The summed E-state index contributed by atoms with van der Waals surface area (Å²) in [5.41, 5.74) is 3.39. The van der Waals surface area contributed by atoms with Crippen LogP contribution in [0, 0.1) is 23.2 Å². The zero-order valence-electron chi connectivity index (χ0n) is 16.7. The van der Waals surface area contributed by atoms with Gasteiger partial charge < -0.3 is 5.73 Å². The number of aromatic nitrogens is 4. The first kappa shape index (κ1) is 22.6. The maximum absolute atomic E-state index is 13.7. The van der Waals surface area contributed by atoms with Crippen LogP contribution in [0.1, 0.15) is 27.9 Å². The molecule has 6 nitrogen and oxygen atoms in total. The van der Waals surface area contributed by atoms with Gasteiger partial charge in [-0.15, -0.1) is 0 Å². The molecule has 3 aromatic heterocycles. The minimum atomic E-state index is -4.83. The molecule has 1 aromatic carbocycles. The van der Waals surface area contributed by atoms with Crippen LogP contribution in [0.3, 0.4) is 0 Å². The van der Waals surface area contributed by atoms with E-state index in [2.05, 4.69) is 26.9 Å². The molecule has 34 heavy (non-hydrogen) atoms. The van der Waals surface area contributed by atoms with Gasteiger partial charge in [0.15, 0.2) is 11.3 Å². The number of hydrogen-bond acceptors (Lipinski definition) is 5. The van der Waals surface area contributed by atoms with Crippen LogP contribution in [-0.4, -0.2) is 19.6 Å². The molecule has 0 radical (unpaired) electrons. The number of anilines is 1. The smallest absolute Gasteiger partial charge is 0.383 e. The normalized spacial score (nSPS) is 11.7. The van der Waals surface area contributed by atoms with Crippen molar-refractivity contribution in [3.63, 3.8) is 0 Å². The highest BCUT2D eigenvalue weighted by Gasteiger charge is 2.36. The molecule has 170 valence electrons. The monoisotopic (exact) mass is 472 g/mol. The van der Waals surface area contributed by atoms with Crippen LogP contribution in [0.5, 0.6) is 0 Å². The zero-order valence-corrected chi connectivity index (χ0v) is 16.7. The highest BCUT2D eigenvalue weighted by molar-refractivity contribution is 5.67. The Morgan fingerprint density at radius 2 is 1.59 bits per heavy atom. The molecule has 0 aliphatic rings. The van der Waals surface area contributed by atoms with Crippen LogP contribution in [0.15, 0.2) is 48.8 Å². The van der Waals surface area contributed by atoms with E-state index in [1.165, 1.54) is 12.3 Å². The Morgan fingerprint density at radius 1 is 0.882 bits per heavy atom. The number of rotatable bonds is 1. The second-order valence-corrected chi connectivity index (χ2v) is 6.91. The third-order valence-corrected chi connectivity index (χ3v) is 4.65. The van der Waals surface area contributed by atoms with E-state index >= 15 is 0 Å². The minimum absolute atomic E-state index is 0.00158. The molecule has 2 N–H and O–H groups in total. The molecule has 0 aliphatic carbocycles. The maximum Gasteiger partial charge on any atom is 0.433 e. The number of alkyl halides is 6. The van der Waals surface area contributed by atoms with Crippen LogP contribution in [0.4, 0.5) is 32.2 Å². The van der Waals surface area contributed by atoms with Gasteiger partial charge in [0.2, 0.25) is 0 Å². The van der Waals surface area contributed by atoms with Crippen molar-refractivity contribution >= 4 is 11.5 Å². The second-order valence-electron chi connectivity index (χ2n) is 6.91. The molecule has 0 bridgehead atoms. The standard InChI is InChI=1S/C22H10F6N6/c23-21(24,25)16-5-3-13(4-6-16)17-8-18(22(26,27)28)34-20(33-17)14(11-32-34)2-1-12-7-15(9-29)19(30)31-10-12/h3-8,10-11H,(H2,30,31). The average molecular weight is 472 g/mol. The number of nitriles is 1. The van der Waals surface area contributed by atoms with Gasteiger partial charge in [0.1, 0.15) is 11.9 Å². The van der Waals surface area contributed by atoms with E-state index in [4.69, 9.17) is 11.0 Å². The van der Waals surface area contributed by atoms with E-state index < -0.39 is 23.6 Å². The molecule has 3 heterocycles. The van der Waals surface area contributed by atoms with Crippen LogP contribution in [-0.2, 0) is 12.4 Å². The van der Waals surface area contributed by atoms with Crippen molar-refractivity contribution in [2.45, 2.75) is 12.4 Å². The van der Waals surface area contributed by atoms with Crippen molar-refractivity contribution in [3.05, 3.63) is 76.7 Å². The van der Waals surface area contributed by atoms with Gasteiger partial charge in [-0.25, -0.2) is 14.5 Å². The molecule has 0 saturated heterocycles. The van der Waals surface area contributed by atoms with Crippen LogP contribution < -0.4 is 5.73 Å². The molecule has 0 atom stereocenters. The molecule has 0 fully saturated rings. The van der Waals surface area contributed by atoms with Gasteiger partial charge in [-0.2, -0.15) is 36.7 Å². The quantitative estimate of drug-likeness (QED) is 0.321. The number of benzene rings is 1. The summed E-state index contributed by atoms with van der Waals surface area (Å²) in [5, 5.41) is 12.8. The fourth-order valence-electron chi connectivity index (χ4n) is 3.00. The first-order valence-electron chi connectivity index (χ1n) is 9.28. The van der Waals surface area contributed by atoms with Crippen LogP contribution >= 0.6 is 0 Å². The first-order chi connectivity index (χ1) is 16.0. The van der Waals surface area contributed by atoms with Gasteiger partial charge in [-0.05, 0) is 24.3 Å².